The molecule has 0 aromatic rings. The van der Waals surface area contributed by atoms with Crippen LogP contribution in [0.2, 0.25) is 0 Å². The fourth-order valence-electron chi connectivity index (χ4n) is 1.71. The van der Waals surface area contributed by atoms with Gasteiger partial charge in [0.05, 0.1) is 0 Å². The zero-order valence-electron chi connectivity index (χ0n) is 7.54. The van der Waals surface area contributed by atoms with Gasteiger partial charge in [-0.25, -0.2) is 0 Å². The summed E-state index contributed by atoms with van der Waals surface area (Å²) in [5, 5.41) is 8.63. The van der Waals surface area contributed by atoms with E-state index in [0.717, 1.165) is 38.9 Å². The molecule has 0 aromatic heterocycles. The summed E-state index contributed by atoms with van der Waals surface area (Å²) in [6.07, 6.45) is 3.96. The number of aliphatic hydroxyl groups excluding tert-OH is 1. The lowest BCUT2D eigenvalue weighted by atomic mass is 9.90. The summed E-state index contributed by atoms with van der Waals surface area (Å²) in [6.45, 7) is 1.98. The summed E-state index contributed by atoms with van der Waals surface area (Å²) in [5.74, 6) is 0.616. The van der Waals surface area contributed by atoms with Crippen LogP contribution < -0.4 is 5.73 Å². The Bertz CT molecular complexity index is 113. The molecule has 0 aliphatic carbocycles. The first-order valence-electron chi connectivity index (χ1n) is 4.78. The summed E-state index contributed by atoms with van der Waals surface area (Å²) in [7, 11) is 0. The quantitative estimate of drug-likeness (QED) is 0.651. The number of rotatable bonds is 4. The highest BCUT2D eigenvalue weighted by Crippen LogP contribution is 2.19. The fourth-order valence-corrected chi connectivity index (χ4v) is 1.71. The van der Waals surface area contributed by atoms with Gasteiger partial charge in [0.2, 0.25) is 0 Å². The minimum atomic E-state index is 0.261. The highest BCUT2D eigenvalue weighted by Gasteiger charge is 2.19. The molecule has 1 heterocycles. The van der Waals surface area contributed by atoms with Crippen LogP contribution in [0.25, 0.3) is 0 Å². The SMILES string of the molecule is NC(CCCO)C1CCOCC1. The highest BCUT2D eigenvalue weighted by atomic mass is 16.5. The molecule has 3 N–H and O–H groups in total. The molecular formula is C9H19NO2. The fraction of sp³-hybridized carbons (Fsp3) is 1.00. The van der Waals surface area contributed by atoms with E-state index in [1.165, 1.54) is 0 Å². The van der Waals surface area contributed by atoms with Gasteiger partial charge in [0, 0.05) is 25.9 Å². The van der Waals surface area contributed by atoms with Crippen LogP contribution in [0.4, 0.5) is 0 Å². The summed E-state index contributed by atoms with van der Waals surface area (Å²) < 4.78 is 5.25. The first-order chi connectivity index (χ1) is 5.84. The van der Waals surface area contributed by atoms with Crippen molar-refractivity contribution in [2.45, 2.75) is 31.7 Å². The Hall–Kier alpha value is -0.120. The van der Waals surface area contributed by atoms with Gasteiger partial charge in [-0.15, -0.1) is 0 Å². The van der Waals surface area contributed by atoms with Crippen molar-refractivity contribution in [2.24, 2.45) is 11.7 Å². The zero-order valence-corrected chi connectivity index (χ0v) is 7.54. The van der Waals surface area contributed by atoms with Gasteiger partial charge in [-0.3, -0.25) is 0 Å². The van der Waals surface area contributed by atoms with Gasteiger partial charge < -0.3 is 15.6 Å². The lowest BCUT2D eigenvalue weighted by Crippen LogP contribution is -2.34. The van der Waals surface area contributed by atoms with E-state index in [0.29, 0.717) is 5.92 Å². The van der Waals surface area contributed by atoms with Crippen LogP contribution in [0.3, 0.4) is 0 Å². The number of hydrogen-bond acceptors (Lipinski definition) is 3. The molecule has 72 valence electrons. The molecule has 1 aliphatic heterocycles. The van der Waals surface area contributed by atoms with Crippen LogP contribution in [0.5, 0.6) is 0 Å². The normalized spacial score (nSPS) is 22.5. The maximum absolute atomic E-state index is 8.63. The molecule has 3 heteroatoms. The van der Waals surface area contributed by atoms with E-state index in [-0.39, 0.29) is 12.6 Å². The monoisotopic (exact) mass is 173 g/mol. The molecule has 0 radical (unpaired) electrons. The second-order valence-electron chi connectivity index (χ2n) is 3.48. The Kier molecular flexibility index (Phi) is 4.58. The molecule has 1 aliphatic rings. The minimum absolute atomic E-state index is 0.261. The highest BCUT2D eigenvalue weighted by molar-refractivity contribution is 4.75. The lowest BCUT2D eigenvalue weighted by Gasteiger charge is -2.27. The van der Waals surface area contributed by atoms with Crippen molar-refractivity contribution >= 4 is 0 Å². The molecule has 0 aromatic carbocycles. The smallest absolute Gasteiger partial charge is 0.0469 e. The molecule has 1 unspecified atom stereocenters. The van der Waals surface area contributed by atoms with Gasteiger partial charge in [0.15, 0.2) is 0 Å². The standard InChI is InChI=1S/C9H19NO2/c10-9(2-1-5-11)8-3-6-12-7-4-8/h8-9,11H,1-7,10H2. The van der Waals surface area contributed by atoms with Crippen LogP contribution in [-0.4, -0.2) is 31.0 Å². The number of hydrogen-bond donors (Lipinski definition) is 2. The van der Waals surface area contributed by atoms with E-state index in [9.17, 15) is 0 Å². The molecule has 12 heavy (non-hydrogen) atoms. The Balaban J connectivity index is 2.15. The lowest BCUT2D eigenvalue weighted by molar-refractivity contribution is 0.0567. The van der Waals surface area contributed by atoms with Crippen molar-refractivity contribution in [1.29, 1.82) is 0 Å². The molecule has 0 saturated carbocycles. The van der Waals surface area contributed by atoms with Crippen molar-refractivity contribution in [3.8, 4) is 0 Å². The van der Waals surface area contributed by atoms with Crippen LogP contribution in [0.1, 0.15) is 25.7 Å². The average molecular weight is 173 g/mol. The van der Waals surface area contributed by atoms with Crippen molar-refractivity contribution in [2.75, 3.05) is 19.8 Å². The van der Waals surface area contributed by atoms with Gasteiger partial charge in [0.25, 0.3) is 0 Å². The Morgan fingerprint density at radius 1 is 1.42 bits per heavy atom. The van der Waals surface area contributed by atoms with Gasteiger partial charge in [-0.05, 0) is 31.6 Å². The number of nitrogens with two attached hydrogens (primary N) is 1. The van der Waals surface area contributed by atoms with Crippen LogP contribution in [0, 0.1) is 5.92 Å². The Labute approximate surface area is 73.9 Å². The predicted octanol–water partition coefficient (Wildman–Crippen LogP) is 0.513. The third-order valence-corrected chi connectivity index (χ3v) is 2.57. The third kappa shape index (κ3) is 3.09. The third-order valence-electron chi connectivity index (χ3n) is 2.57. The van der Waals surface area contributed by atoms with Crippen molar-refractivity contribution in [3.63, 3.8) is 0 Å². The van der Waals surface area contributed by atoms with Crippen LogP contribution in [0.15, 0.2) is 0 Å². The van der Waals surface area contributed by atoms with Crippen LogP contribution in [-0.2, 0) is 4.74 Å². The van der Waals surface area contributed by atoms with E-state index in [1.54, 1.807) is 0 Å². The van der Waals surface area contributed by atoms with Crippen molar-refractivity contribution < 1.29 is 9.84 Å². The molecular weight excluding hydrogens is 154 g/mol. The minimum Gasteiger partial charge on any atom is -0.396 e. The average Bonchev–Trinajstić information content (AvgIpc) is 2.15. The molecule has 1 rings (SSSR count). The molecule has 0 amide bonds. The number of ether oxygens (including phenoxy) is 1. The molecule has 1 saturated heterocycles. The van der Waals surface area contributed by atoms with Gasteiger partial charge >= 0.3 is 0 Å². The molecule has 1 fully saturated rings. The maximum atomic E-state index is 8.63. The Morgan fingerprint density at radius 2 is 2.08 bits per heavy atom. The summed E-state index contributed by atoms with van der Waals surface area (Å²) in [5.41, 5.74) is 5.97. The molecule has 0 bridgehead atoms. The van der Waals surface area contributed by atoms with Crippen molar-refractivity contribution in [1.82, 2.24) is 0 Å². The van der Waals surface area contributed by atoms with Gasteiger partial charge in [-0.1, -0.05) is 0 Å². The second kappa shape index (κ2) is 5.51. The predicted molar refractivity (Wildman–Crippen MR) is 47.8 cm³/mol. The van der Waals surface area contributed by atoms with E-state index in [1.807, 2.05) is 0 Å². The Morgan fingerprint density at radius 3 is 2.67 bits per heavy atom. The summed E-state index contributed by atoms with van der Waals surface area (Å²) >= 11 is 0. The maximum Gasteiger partial charge on any atom is 0.0469 e. The molecule has 3 nitrogen and oxygen atoms in total. The van der Waals surface area contributed by atoms with E-state index in [2.05, 4.69) is 0 Å². The summed E-state index contributed by atoms with van der Waals surface area (Å²) in [4.78, 5) is 0. The zero-order chi connectivity index (χ0) is 8.81. The molecule has 0 spiro atoms. The second-order valence-corrected chi connectivity index (χ2v) is 3.48. The molecule has 1 atom stereocenters. The van der Waals surface area contributed by atoms with Crippen LogP contribution >= 0.6 is 0 Å². The summed E-state index contributed by atoms with van der Waals surface area (Å²) in [6, 6.07) is 0.265. The largest absolute Gasteiger partial charge is 0.396 e. The first kappa shape index (κ1) is 9.96. The van der Waals surface area contributed by atoms with Gasteiger partial charge in [0.1, 0.15) is 0 Å². The first-order valence-corrected chi connectivity index (χ1v) is 4.78. The number of aliphatic hydroxyl groups is 1. The van der Waals surface area contributed by atoms with Gasteiger partial charge in [-0.2, -0.15) is 0 Å². The van der Waals surface area contributed by atoms with Crippen molar-refractivity contribution in [3.05, 3.63) is 0 Å². The van der Waals surface area contributed by atoms with E-state index in [4.69, 9.17) is 15.6 Å². The van der Waals surface area contributed by atoms with E-state index >= 15 is 0 Å². The topological polar surface area (TPSA) is 55.5 Å². The van der Waals surface area contributed by atoms with E-state index < -0.39 is 0 Å².